The van der Waals surface area contributed by atoms with E-state index in [4.69, 9.17) is 9.47 Å². The van der Waals surface area contributed by atoms with Gasteiger partial charge in [-0.3, -0.25) is 14.9 Å². The number of phenolic OH excluding ortho intramolecular Hbond substituents is 1. The number of benzene rings is 3. The van der Waals surface area contributed by atoms with E-state index < -0.39 is 34.4 Å². The minimum atomic E-state index is -1.06. The van der Waals surface area contributed by atoms with Gasteiger partial charge in [0.05, 0.1) is 18.2 Å². The van der Waals surface area contributed by atoms with Gasteiger partial charge in [-0.2, -0.15) is 5.10 Å². The van der Waals surface area contributed by atoms with Crippen molar-refractivity contribution in [1.29, 1.82) is 0 Å². The molecule has 1 aromatic heterocycles. The number of carbonyl (C=O) groups is 2. The van der Waals surface area contributed by atoms with Crippen molar-refractivity contribution in [3.8, 4) is 11.5 Å². The molecule has 0 aliphatic rings. The molecule has 0 saturated carbocycles. The number of aromatic nitrogens is 1. The lowest BCUT2D eigenvalue weighted by Gasteiger charge is -2.17. The number of phenols is 1. The molecular weight excluding hydrogens is 506 g/mol. The molecule has 0 fully saturated rings. The van der Waals surface area contributed by atoms with Gasteiger partial charge in [0.15, 0.2) is 5.75 Å². The van der Waals surface area contributed by atoms with E-state index in [2.05, 4.69) is 20.8 Å². The average molecular weight is 532 g/mol. The smallest absolute Gasteiger partial charge is 0.408 e. The zero-order valence-electron chi connectivity index (χ0n) is 20.8. The number of nitrogens with zero attached hydrogens (tertiary/aromatic N) is 2. The summed E-state index contributed by atoms with van der Waals surface area (Å²) in [6.45, 7) is 0.0215. The molecule has 0 radical (unpaired) electrons. The second kappa shape index (κ2) is 12.2. The fourth-order valence-electron chi connectivity index (χ4n) is 3.87. The summed E-state index contributed by atoms with van der Waals surface area (Å²) < 4.78 is 10.3. The minimum Gasteiger partial charge on any atom is -0.500 e. The lowest BCUT2D eigenvalue weighted by Crippen LogP contribution is -2.47. The van der Waals surface area contributed by atoms with Crippen LogP contribution in [0.25, 0.3) is 10.9 Å². The van der Waals surface area contributed by atoms with E-state index in [0.29, 0.717) is 0 Å². The Labute approximate surface area is 222 Å². The molecule has 0 aliphatic heterocycles. The predicted molar refractivity (Wildman–Crippen MR) is 143 cm³/mol. The quantitative estimate of drug-likeness (QED) is 0.137. The number of carbonyl (C=O) groups excluding carboxylic acids is 2. The van der Waals surface area contributed by atoms with Crippen LogP contribution >= 0.6 is 0 Å². The van der Waals surface area contributed by atoms with E-state index in [1.54, 1.807) is 18.3 Å². The predicted octanol–water partition coefficient (Wildman–Crippen LogP) is 3.78. The molecule has 3 aromatic carbocycles. The molecule has 0 bridgehead atoms. The monoisotopic (exact) mass is 531 g/mol. The molecule has 1 heterocycles. The standard InChI is InChI=1S/C27H25N5O7/c1-38-24-12-18(11-23(25(24)33)32(36)37)14-29-31-26(34)22(13-19-15-28-21-10-6-5-9-20(19)21)30-27(35)39-16-17-7-3-2-4-8-17/h2-12,14-15,22,28,33H,13,16H2,1H3,(H,30,35)(H,31,34)/b29-14-/t22-/m1/s1. The van der Waals surface area contributed by atoms with E-state index in [1.807, 2.05) is 42.5 Å². The van der Waals surface area contributed by atoms with Crippen LogP contribution in [-0.2, 0) is 22.6 Å². The number of alkyl carbamates (subject to hydrolysis) is 1. The van der Waals surface area contributed by atoms with Crippen LogP contribution in [0.1, 0.15) is 16.7 Å². The van der Waals surface area contributed by atoms with Crippen LogP contribution in [0.3, 0.4) is 0 Å². The minimum absolute atomic E-state index is 0.0215. The molecule has 0 spiro atoms. The van der Waals surface area contributed by atoms with Crippen molar-refractivity contribution in [2.45, 2.75) is 19.1 Å². The number of hydrogen-bond acceptors (Lipinski definition) is 8. The van der Waals surface area contributed by atoms with E-state index in [1.165, 1.54) is 13.2 Å². The summed E-state index contributed by atoms with van der Waals surface area (Å²) in [6.07, 6.45) is 2.25. The zero-order valence-corrected chi connectivity index (χ0v) is 20.8. The molecule has 39 heavy (non-hydrogen) atoms. The lowest BCUT2D eigenvalue weighted by molar-refractivity contribution is -0.386. The Balaban J connectivity index is 1.50. The SMILES string of the molecule is COc1cc(/C=N\NC(=O)[C@@H](Cc2c[nH]c3ccccc23)NC(=O)OCc2ccccc2)cc([N+](=O)[O-])c1O. The Hall–Kier alpha value is -5.39. The Morgan fingerprint density at radius 1 is 1.15 bits per heavy atom. The molecule has 0 saturated heterocycles. The van der Waals surface area contributed by atoms with Crippen LogP contribution in [0.5, 0.6) is 11.5 Å². The van der Waals surface area contributed by atoms with E-state index >= 15 is 0 Å². The fraction of sp³-hybridized carbons (Fsp3) is 0.148. The van der Waals surface area contributed by atoms with Gasteiger partial charge in [0.2, 0.25) is 5.75 Å². The summed E-state index contributed by atoms with van der Waals surface area (Å²) in [7, 11) is 1.25. The number of ether oxygens (including phenoxy) is 2. The summed E-state index contributed by atoms with van der Waals surface area (Å²) in [4.78, 5) is 39.2. The molecule has 200 valence electrons. The molecule has 12 nitrogen and oxygen atoms in total. The fourth-order valence-corrected chi connectivity index (χ4v) is 3.87. The van der Waals surface area contributed by atoms with E-state index in [0.717, 1.165) is 34.3 Å². The van der Waals surface area contributed by atoms with Gasteiger partial charge < -0.3 is 24.9 Å². The number of nitro groups is 1. The maximum Gasteiger partial charge on any atom is 0.408 e. The van der Waals surface area contributed by atoms with Crippen molar-refractivity contribution in [3.05, 3.63) is 99.7 Å². The first-order chi connectivity index (χ1) is 18.9. The molecule has 0 unspecified atom stereocenters. The number of hydrogen-bond donors (Lipinski definition) is 4. The molecule has 4 N–H and O–H groups in total. The molecule has 12 heteroatoms. The number of hydrazone groups is 1. The largest absolute Gasteiger partial charge is 0.500 e. The number of aromatic amines is 1. The Morgan fingerprint density at radius 2 is 1.90 bits per heavy atom. The molecular formula is C27H25N5O7. The zero-order chi connectivity index (χ0) is 27.8. The third kappa shape index (κ3) is 6.68. The van der Waals surface area contributed by atoms with Crippen LogP contribution in [-0.4, -0.2) is 46.4 Å². The van der Waals surface area contributed by atoms with Crippen LogP contribution in [0.4, 0.5) is 10.5 Å². The van der Waals surface area contributed by atoms with Crippen LogP contribution in [0.15, 0.2) is 78.0 Å². The number of aromatic hydroxyl groups is 1. The second-order valence-corrected chi connectivity index (χ2v) is 8.40. The van der Waals surface area contributed by atoms with Gasteiger partial charge in [0.25, 0.3) is 5.91 Å². The van der Waals surface area contributed by atoms with Gasteiger partial charge in [-0.25, -0.2) is 10.2 Å². The van der Waals surface area contributed by atoms with Crippen molar-refractivity contribution >= 4 is 34.8 Å². The topological polar surface area (TPSA) is 168 Å². The first-order valence-electron chi connectivity index (χ1n) is 11.8. The number of nitrogens with one attached hydrogen (secondary N) is 3. The van der Waals surface area contributed by atoms with E-state index in [9.17, 15) is 24.8 Å². The van der Waals surface area contributed by atoms with Crippen LogP contribution in [0, 0.1) is 10.1 Å². The first kappa shape index (κ1) is 26.7. The number of nitro benzene ring substituents is 1. The Bertz CT molecular complexity index is 1520. The first-order valence-corrected chi connectivity index (χ1v) is 11.8. The highest BCUT2D eigenvalue weighted by Crippen LogP contribution is 2.36. The third-order valence-electron chi connectivity index (χ3n) is 5.80. The van der Waals surface area contributed by atoms with Gasteiger partial charge >= 0.3 is 11.8 Å². The summed E-state index contributed by atoms with van der Waals surface area (Å²) in [5, 5.41) is 28.5. The van der Waals surface area contributed by atoms with Crippen molar-refractivity contribution < 1.29 is 29.1 Å². The highest BCUT2D eigenvalue weighted by molar-refractivity contribution is 5.90. The summed E-state index contributed by atoms with van der Waals surface area (Å²) in [5.41, 5.74) is 4.41. The van der Waals surface area contributed by atoms with Gasteiger partial charge in [-0.15, -0.1) is 0 Å². The number of rotatable bonds is 10. The number of fused-ring (bicyclic) bond motifs is 1. The Morgan fingerprint density at radius 3 is 2.64 bits per heavy atom. The second-order valence-electron chi connectivity index (χ2n) is 8.40. The highest BCUT2D eigenvalue weighted by atomic mass is 16.6. The van der Waals surface area contributed by atoms with Crippen LogP contribution < -0.4 is 15.5 Å². The van der Waals surface area contributed by atoms with E-state index in [-0.39, 0.29) is 24.3 Å². The van der Waals surface area contributed by atoms with Gasteiger partial charge in [-0.1, -0.05) is 48.5 Å². The van der Waals surface area contributed by atoms with Gasteiger partial charge in [0, 0.05) is 35.2 Å². The van der Waals surface area contributed by atoms with Crippen molar-refractivity contribution in [3.63, 3.8) is 0 Å². The Kier molecular flexibility index (Phi) is 8.36. The summed E-state index contributed by atoms with van der Waals surface area (Å²) in [6, 6.07) is 18.0. The number of para-hydroxylation sites is 1. The van der Waals surface area contributed by atoms with Crippen molar-refractivity contribution in [2.75, 3.05) is 7.11 Å². The van der Waals surface area contributed by atoms with Gasteiger partial charge in [0.1, 0.15) is 12.6 Å². The van der Waals surface area contributed by atoms with Gasteiger partial charge in [-0.05, 0) is 23.3 Å². The molecule has 4 aromatic rings. The maximum absolute atomic E-state index is 13.1. The number of amides is 2. The van der Waals surface area contributed by atoms with Crippen molar-refractivity contribution in [2.24, 2.45) is 5.10 Å². The lowest BCUT2D eigenvalue weighted by atomic mass is 10.0. The molecule has 4 rings (SSSR count). The molecule has 1 atom stereocenters. The van der Waals surface area contributed by atoms with Crippen LogP contribution in [0.2, 0.25) is 0 Å². The maximum atomic E-state index is 13.1. The summed E-state index contributed by atoms with van der Waals surface area (Å²) >= 11 is 0. The number of H-pyrrole nitrogens is 1. The molecule has 2 amide bonds. The molecule has 0 aliphatic carbocycles. The number of methoxy groups -OCH3 is 1. The highest BCUT2D eigenvalue weighted by Gasteiger charge is 2.24. The summed E-state index contributed by atoms with van der Waals surface area (Å²) in [5.74, 6) is -1.40. The third-order valence-corrected chi connectivity index (χ3v) is 5.80. The van der Waals surface area contributed by atoms with Crippen molar-refractivity contribution in [1.82, 2.24) is 15.7 Å². The average Bonchev–Trinajstić information content (AvgIpc) is 3.35. The normalized spacial score (nSPS) is 11.7.